The molecule has 0 aromatic heterocycles. The molecule has 0 bridgehead atoms. The largest absolute Gasteiger partial charge is 0.480 e. The summed E-state index contributed by atoms with van der Waals surface area (Å²) in [5.74, 6) is -2.42. The van der Waals surface area contributed by atoms with E-state index in [2.05, 4.69) is 39.2 Å². The maximum absolute atomic E-state index is 13.2. The van der Waals surface area contributed by atoms with Crippen molar-refractivity contribution in [2.24, 2.45) is 0 Å². The molecule has 2 atom stereocenters. The summed E-state index contributed by atoms with van der Waals surface area (Å²) in [7, 11) is -4.32. The Hall–Kier alpha value is -3.32. The van der Waals surface area contributed by atoms with Gasteiger partial charge in [0.15, 0.2) is 0 Å². The number of aliphatic carboxylic acids is 2. The molecule has 2 amide bonds. The molecule has 0 spiro atoms. The van der Waals surface area contributed by atoms with E-state index in [0.29, 0.717) is 35.5 Å². The number of carbonyl (C=O) groups is 4. The number of carbonyl (C=O) groups excluding carboxylic acids is 2. The molecule has 402 valence electrons. The molecule has 2 aliphatic rings. The molecule has 1 fully saturated rings. The van der Waals surface area contributed by atoms with Crippen LogP contribution in [-0.4, -0.2) is 118 Å². The topological polar surface area (TPSA) is 220 Å². The van der Waals surface area contributed by atoms with Gasteiger partial charge in [-0.1, -0.05) is 164 Å². The summed E-state index contributed by atoms with van der Waals surface area (Å²) in [5, 5.41) is 19.3. The number of carboxylic acids is 2. The maximum atomic E-state index is 13.2. The minimum Gasteiger partial charge on any atom is -0.480 e. The number of likely N-dealkylation sites (tertiary alicyclic amines) is 1. The normalized spacial score (nSPS) is 13.7. The van der Waals surface area contributed by atoms with Crippen LogP contribution in [0.15, 0.2) is 42.5 Å². The van der Waals surface area contributed by atoms with E-state index in [1.54, 1.807) is 26.0 Å². The maximum Gasteiger partial charge on any atom is 0.322 e. The van der Waals surface area contributed by atoms with Gasteiger partial charge in [-0.25, -0.2) is 26.3 Å². The monoisotopic (exact) mass is 1050 g/mol. The van der Waals surface area contributed by atoms with Crippen molar-refractivity contribution in [2.75, 3.05) is 51.8 Å². The molecule has 4 rings (SSSR count). The summed E-state index contributed by atoms with van der Waals surface area (Å²) in [6, 6.07) is 14.5. The fourth-order valence-electron chi connectivity index (χ4n) is 5.58. The average Bonchev–Trinajstić information content (AvgIpc) is 3.91. The number of hydrogen-bond acceptors (Lipinski definition) is 9. The summed E-state index contributed by atoms with van der Waals surface area (Å²) < 4.78 is 45.4. The molecule has 68 heavy (non-hydrogen) atoms. The molecule has 1 aliphatic heterocycles. The van der Waals surface area contributed by atoms with Crippen LogP contribution in [0.4, 0.5) is 0 Å². The van der Waals surface area contributed by atoms with Gasteiger partial charge in [0.1, 0.15) is 13.1 Å². The molecular formula is C49H95Cl2N5O10S2. The second kappa shape index (κ2) is 51.5. The van der Waals surface area contributed by atoms with Gasteiger partial charge < -0.3 is 20.4 Å². The van der Waals surface area contributed by atoms with Gasteiger partial charge in [0, 0.05) is 26.1 Å². The zero-order valence-electron chi connectivity index (χ0n) is 45.3. The van der Waals surface area contributed by atoms with E-state index in [4.69, 9.17) is 33.4 Å². The van der Waals surface area contributed by atoms with Crippen LogP contribution in [-0.2, 0) is 52.1 Å². The predicted octanol–water partition coefficient (Wildman–Crippen LogP) is 10.5. The molecule has 1 saturated heterocycles. The van der Waals surface area contributed by atoms with E-state index in [-0.39, 0.29) is 30.2 Å². The van der Waals surface area contributed by atoms with Crippen molar-refractivity contribution in [3.8, 4) is 0 Å². The Labute approximate surface area is 425 Å². The lowest BCUT2D eigenvalue weighted by atomic mass is 9.82. The van der Waals surface area contributed by atoms with Crippen molar-refractivity contribution in [3.05, 3.63) is 69.2 Å². The first-order valence-electron chi connectivity index (χ1n) is 24.4. The molecule has 2 aromatic carbocycles. The Kier molecular flexibility index (Phi) is 59.7. The van der Waals surface area contributed by atoms with Gasteiger partial charge >= 0.3 is 11.9 Å². The highest BCUT2D eigenvalue weighted by atomic mass is 35.5. The van der Waals surface area contributed by atoms with Crippen LogP contribution in [0.25, 0.3) is 0 Å². The Bertz CT molecular complexity index is 1770. The Morgan fingerprint density at radius 1 is 0.721 bits per heavy atom. The van der Waals surface area contributed by atoms with Gasteiger partial charge in [-0.15, -0.1) is 0 Å². The molecule has 0 saturated carbocycles. The van der Waals surface area contributed by atoms with Crippen LogP contribution in [0.5, 0.6) is 0 Å². The van der Waals surface area contributed by atoms with Crippen molar-refractivity contribution in [3.63, 3.8) is 0 Å². The summed E-state index contributed by atoms with van der Waals surface area (Å²) in [6.07, 6.45) is 6.49. The molecule has 19 heteroatoms. The lowest BCUT2D eigenvalue weighted by Gasteiger charge is -2.43. The second-order valence-corrected chi connectivity index (χ2v) is 17.1. The van der Waals surface area contributed by atoms with Gasteiger partial charge in [-0.05, 0) is 74.5 Å². The van der Waals surface area contributed by atoms with Crippen molar-refractivity contribution >= 4 is 67.0 Å². The lowest BCUT2D eigenvalue weighted by Crippen LogP contribution is -2.48. The molecule has 1 heterocycles. The number of nitrogens with one attached hydrogen (secondary N) is 3. The van der Waals surface area contributed by atoms with E-state index in [9.17, 15) is 36.0 Å². The highest BCUT2D eigenvalue weighted by molar-refractivity contribution is 7.89. The number of rotatable bonds is 13. The molecule has 2 aromatic rings. The number of benzene rings is 2. The second-order valence-electron chi connectivity index (χ2n) is 12.3. The van der Waals surface area contributed by atoms with Crippen LogP contribution in [0.1, 0.15) is 166 Å². The summed E-state index contributed by atoms with van der Waals surface area (Å²) >= 11 is 12.2. The third-order valence-corrected chi connectivity index (χ3v) is 11.1. The van der Waals surface area contributed by atoms with Gasteiger partial charge in [-0.3, -0.25) is 24.1 Å². The first-order valence-corrected chi connectivity index (χ1v) is 28.7. The third-order valence-electron chi connectivity index (χ3n) is 8.20. The molecular weight excluding hydrogens is 954 g/mol. The Morgan fingerprint density at radius 2 is 1.21 bits per heavy atom. The number of fused-ring (bicyclic) bond motifs is 1. The predicted molar refractivity (Wildman–Crippen MR) is 289 cm³/mol. The van der Waals surface area contributed by atoms with Crippen LogP contribution in [0.2, 0.25) is 10.0 Å². The van der Waals surface area contributed by atoms with Crippen LogP contribution in [0.3, 0.4) is 0 Å². The number of halogens is 2. The number of sulfonamides is 2. The van der Waals surface area contributed by atoms with Gasteiger partial charge in [0.05, 0.1) is 34.5 Å². The highest BCUT2D eigenvalue weighted by Crippen LogP contribution is 2.38. The fourth-order valence-corrected chi connectivity index (χ4v) is 6.97. The van der Waals surface area contributed by atoms with Gasteiger partial charge in [-0.2, -0.15) is 0 Å². The van der Waals surface area contributed by atoms with Crippen molar-refractivity contribution in [1.82, 2.24) is 24.6 Å². The van der Waals surface area contributed by atoms with Gasteiger partial charge in [0.2, 0.25) is 31.9 Å². The first-order chi connectivity index (χ1) is 32.2. The number of likely N-dealkylation sites (N-methyl/N-ethyl adjacent to an activating group) is 1. The van der Waals surface area contributed by atoms with Crippen LogP contribution in [0, 0.1) is 0 Å². The quantitative estimate of drug-likeness (QED) is 0.127. The summed E-state index contributed by atoms with van der Waals surface area (Å²) in [5.41, 5.74) is 3.57. The molecule has 5 N–H and O–H groups in total. The SMILES string of the molecule is CC.CC.CC.CC.CC.CC.CC.CCC(=O)NCC(=O)O.CCNS(C)(=O)=O.CCS(=O)(=O)NCC(=O)O.CN(C(=O)Cc1ccc(Cl)c(Cl)c1)[C@H]1c2ccccc2CC[C@@H]1N1CCCC1. The van der Waals surface area contributed by atoms with Crippen LogP contribution >= 0.6 is 23.2 Å². The number of carboxylic acid groups (broad SMARTS) is 2. The van der Waals surface area contributed by atoms with E-state index < -0.39 is 38.5 Å². The number of hydrogen-bond donors (Lipinski definition) is 5. The van der Waals surface area contributed by atoms with Gasteiger partial charge in [0.25, 0.3) is 0 Å². The zero-order valence-corrected chi connectivity index (χ0v) is 48.5. The smallest absolute Gasteiger partial charge is 0.322 e. The lowest BCUT2D eigenvalue weighted by molar-refractivity contribution is -0.138. The summed E-state index contributed by atoms with van der Waals surface area (Å²) in [6.45, 7) is 34.8. The van der Waals surface area contributed by atoms with Crippen molar-refractivity contribution < 1.29 is 46.2 Å². The summed E-state index contributed by atoms with van der Waals surface area (Å²) in [4.78, 5) is 47.7. The van der Waals surface area contributed by atoms with Crippen molar-refractivity contribution in [2.45, 2.75) is 168 Å². The van der Waals surface area contributed by atoms with E-state index in [1.165, 1.54) is 30.9 Å². The van der Waals surface area contributed by atoms with E-state index in [0.717, 1.165) is 37.8 Å². The highest BCUT2D eigenvalue weighted by Gasteiger charge is 2.38. The molecule has 0 radical (unpaired) electrons. The molecule has 0 unspecified atom stereocenters. The number of aryl methyl sites for hydroxylation is 1. The minimum absolute atomic E-state index is 0.0957. The zero-order chi connectivity index (χ0) is 55.1. The van der Waals surface area contributed by atoms with E-state index in [1.807, 2.05) is 120 Å². The standard InChI is InChI=1S/C23H26Cl2N2O.C5H9NO3.C4H9NO4S.C3H9NO2S.7C2H6/c1-26(22(28)15-16-8-10-19(24)20(25)14-16)23-18-7-3-2-6-17(18)9-11-21(23)27-12-4-5-13-27;1-2-4(7)6-3-5(8)9;1-2-10(8,9)5-3-4(6)7;1-3-4-7(2,5)6;7*1-2/h2-3,6-8,10,14,21,23H,4-5,9,11-13,15H2,1H3;2-3H2,1H3,(H,6,7)(H,8,9);5H,2-3H2,1H3,(H,6,7);4H,3H2,1-2H3;7*1-2H3/t21-,23-;;;;;;;;;;/m0........../s1. The molecule has 15 nitrogen and oxygen atoms in total. The number of nitrogens with zero attached hydrogens (tertiary/aromatic N) is 2. The van der Waals surface area contributed by atoms with E-state index >= 15 is 0 Å². The Morgan fingerprint density at radius 3 is 1.60 bits per heavy atom. The van der Waals surface area contributed by atoms with Crippen LogP contribution < -0.4 is 14.8 Å². The fraction of sp³-hybridized carbons (Fsp3) is 0.673. The average molecular weight is 1050 g/mol. The van der Waals surface area contributed by atoms with Crippen molar-refractivity contribution in [1.29, 1.82) is 0 Å². The minimum atomic E-state index is -3.35. The third kappa shape index (κ3) is 40.6. The molecule has 1 aliphatic carbocycles. The first kappa shape index (κ1) is 78.8. The Balaban J connectivity index is -0.000000155. The number of amides is 2.